The Kier molecular flexibility index (Phi) is 6.83. The van der Waals surface area contributed by atoms with Gasteiger partial charge in [0.1, 0.15) is 11.5 Å². The second-order valence-corrected chi connectivity index (χ2v) is 5.41. The summed E-state index contributed by atoms with van der Waals surface area (Å²) in [6.07, 6.45) is 1.08. The molecule has 2 N–H and O–H groups in total. The predicted molar refractivity (Wildman–Crippen MR) is 94.3 cm³/mol. The van der Waals surface area contributed by atoms with Crippen LogP contribution in [0.15, 0.2) is 48.5 Å². The standard InChI is InChI=1S/C19H22N2O4/c1-3-14-7-9-16(10-8-14)25-13-19(23)21-20-18(22)12-15-5-4-6-17(11-15)24-2/h4-11H,3,12-13H2,1-2H3,(H,20,22)(H,21,23). The van der Waals surface area contributed by atoms with Crippen LogP contribution in [0, 0.1) is 0 Å². The second kappa shape index (κ2) is 9.32. The first-order valence-electron chi connectivity index (χ1n) is 8.03. The lowest BCUT2D eigenvalue weighted by molar-refractivity contribution is -0.129. The second-order valence-electron chi connectivity index (χ2n) is 5.41. The molecule has 0 unspecified atom stereocenters. The maximum absolute atomic E-state index is 11.9. The number of hydrogen-bond donors (Lipinski definition) is 2. The lowest BCUT2D eigenvalue weighted by Crippen LogP contribution is -2.44. The van der Waals surface area contributed by atoms with Crippen LogP contribution in [0.2, 0.25) is 0 Å². The van der Waals surface area contributed by atoms with Gasteiger partial charge in [-0.05, 0) is 41.8 Å². The maximum Gasteiger partial charge on any atom is 0.276 e. The fourth-order valence-corrected chi connectivity index (χ4v) is 2.16. The minimum absolute atomic E-state index is 0.136. The Morgan fingerprint density at radius 3 is 2.32 bits per heavy atom. The fourth-order valence-electron chi connectivity index (χ4n) is 2.16. The summed E-state index contributed by atoms with van der Waals surface area (Å²) < 4.78 is 10.5. The average Bonchev–Trinajstić information content (AvgIpc) is 2.65. The number of ether oxygens (including phenoxy) is 2. The lowest BCUT2D eigenvalue weighted by atomic mass is 10.1. The van der Waals surface area contributed by atoms with Crippen molar-refractivity contribution in [2.45, 2.75) is 19.8 Å². The number of aryl methyl sites for hydroxylation is 1. The number of nitrogens with one attached hydrogen (secondary N) is 2. The highest BCUT2D eigenvalue weighted by Crippen LogP contribution is 2.13. The highest BCUT2D eigenvalue weighted by atomic mass is 16.5. The van der Waals surface area contributed by atoms with E-state index < -0.39 is 5.91 Å². The van der Waals surface area contributed by atoms with Crippen molar-refractivity contribution in [1.29, 1.82) is 0 Å². The topological polar surface area (TPSA) is 76.7 Å². The minimum Gasteiger partial charge on any atom is -0.497 e. The monoisotopic (exact) mass is 342 g/mol. The maximum atomic E-state index is 11.9. The van der Waals surface area contributed by atoms with Gasteiger partial charge < -0.3 is 9.47 Å². The molecule has 0 aliphatic heterocycles. The molecule has 132 valence electrons. The molecule has 2 aromatic carbocycles. The molecule has 0 aromatic heterocycles. The van der Waals surface area contributed by atoms with Gasteiger partial charge in [-0.1, -0.05) is 31.2 Å². The van der Waals surface area contributed by atoms with E-state index in [1.807, 2.05) is 30.3 Å². The van der Waals surface area contributed by atoms with Crippen molar-refractivity contribution in [2.24, 2.45) is 0 Å². The van der Waals surface area contributed by atoms with E-state index in [9.17, 15) is 9.59 Å². The van der Waals surface area contributed by atoms with E-state index in [4.69, 9.17) is 9.47 Å². The fraction of sp³-hybridized carbons (Fsp3) is 0.263. The van der Waals surface area contributed by atoms with Crippen LogP contribution in [0.25, 0.3) is 0 Å². The summed E-state index contributed by atoms with van der Waals surface area (Å²) in [7, 11) is 1.56. The van der Waals surface area contributed by atoms with Gasteiger partial charge in [0, 0.05) is 0 Å². The van der Waals surface area contributed by atoms with Crippen molar-refractivity contribution < 1.29 is 19.1 Å². The van der Waals surface area contributed by atoms with Crippen molar-refractivity contribution >= 4 is 11.8 Å². The number of hydrogen-bond acceptors (Lipinski definition) is 4. The van der Waals surface area contributed by atoms with Crippen LogP contribution in [-0.4, -0.2) is 25.5 Å². The molecule has 2 aromatic rings. The van der Waals surface area contributed by atoms with Gasteiger partial charge >= 0.3 is 0 Å². The number of methoxy groups -OCH3 is 1. The number of amides is 2. The Labute approximate surface area is 147 Å². The third kappa shape index (κ3) is 6.18. The molecule has 0 fully saturated rings. The van der Waals surface area contributed by atoms with Gasteiger partial charge in [-0.2, -0.15) is 0 Å². The normalized spacial score (nSPS) is 10.0. The van der Waals surface area contributed by atoms with E-state index in [1.165, 1.54) is 5.56 Å². The molecule has 0 aliphatic rings. The van der Waals surface area contributed by atoms with Gasteiger partial charge in [0.05, 0.1) is 13.5 Å². The molecule has 0 spiro atoms. The van der Waals surface area contributed by atoms with Crippen molar-refractivity contribution in [3.05, 3.63) is 59.7 Å². The molecule has 2 amide bonds. The summed E-state index contributed by atoms with van der Waals surface area (Å²) >= 11 is 0. The number of carbonyl (C=O) groups excluding carboxylic acids is 2. The summed E-state index contributed by atoms with van der Waals surface area (Å²) in [6.45, 7) is 1.89. The Morgan fingerprint density at radius 1 is 0.920 bits per heavy atom. The summed E-state index contributed by atoms with van der Waals surface area (Å²) in [5.74, 6) is 0.527. The Balaban J connectivity index is 1.72. The molecule has 0 saturated heterocycles. The molecular weight excluding hydrogens is 320 g/mol. The first-order chi connectivity index (χ1) is 12.1. The zero-order valence-corrected chi connectivity index (χ0v) is 14.4. The van der Waals surface area contributed by atoms with E-state index in [0.717, 1.165) is 12.0 Å². The summed E-state index contributed by atoms with van der Waals surface area (Å²) in [6, 6.07) is 14.7. The van der Waals surface area contributed by atoms with Crippen molar-refractivity contribution in [3.63, 3.8) is 0 Å². The van der Waals surface area contributed by atoms with Crippen LogP contribution in [0.3, 0.4) is 0 Å². The SMILES string of the molecule is CCc1ccc(OCC(=O)NNC(=O)Cc2cccc(OC)c2)cc1. The van der Waals surface area contributed by atoms with Crippen LogP contribution < -0.4 is 20.3 Å². The highest BCUT2D eigenvalue weighted by Gasteiger charge is 2.07. The summed E-state index contributed by atoms with van der Waals surface area (Å²) in [4.78, 5) is 23.6. The van der Waals surface area contributed by atoms with Gasteiger partial charge in [-0.3, -0.25) is 20.4 Å². The van der Waals surface area contributed by atoms with Crippen molar-refractivity contribution in [1.82, 2.24) is 10.9 Å². The smallest absolute Gasteiger partial charge is 0.276 e. The van der Waals surface area contributed by atoms with Crippen molar-refractivity contribution in [3.8, 4) is 11.5 Å². The van der Waals surface area contributed by atoms with Gasteiger partial charge in [-0.25, -0.2) is 0 Å². The molecule has 6 nitrogen and oxygen atoms in total. The quantitative estimate of drug-likeness (QED) is 0.755. The van der Waals surface area contributed by atoms with Crippen LogP contribution in [0.1, 0.15) is 18.1 Å². The lowest BCUT2D eigenvalue weighted by Gasteiger charge is -2.09. The van der Waals surface area contributed by atoms with Gasteiger partial charge in [-0.15, -0.1) is 0 Å². The van der Waals surface area contributed by atoms with E-state index in [0.29, 0.717) is 11.5 Å². The molecule has 0 bridgehead atoms. The molecule has 0 heterocycles. The number of carbonyl (C=O) groups is 2. The van der Waals surface area contributed by atoms with Crippen molar-refractivity contribution in [2.75, 3.05) is 13.7 Å². The molecule has 0 saturated carbocycles. The minimum atomic E-state index is -0.432. The summed E-state index contributed by atoms with van der Waals surface area (Å²) in [5, 5.41) is 0. The van der Waals surface area contributed by atoms with Crippen LogP contribution in [0.4, 0.5) is 0 Å². The average molecular weight is 342 g/mol. The molecule has 6 heteroatoms. The first-order valence-corrected chi connectivity index (χ1v) is 8.03. The molecular formula is C19H22N2O4. The predicted octanol–water partition coefficient (Wildman–Crippen LogP) is 2.03. The third-order valence-corrected chi connectivity index (χ3v) is 3.54. The number of benzene rings is 2. The zero-order chi connectivity index (χ0) is 18.1. The Hall–Kier alpha value is -3.02. The van der Waals surface area contributed by atoms with Gasteiger partial charge in [0.15, 0.2) is 6.61 Å². The molecule has 0 radical (unpaired) electrons. The van der Waals surface area contributed by atoms with E-state index in [2.05, 4.69) is 17.8 Å². The largest absolute Gasteiger partial charge is 0.497 e. The third-order valence-electron chi connectivity index (χ3n) is 3.54. The zero-order valence-electron chi connectivity index (χ0n) is 14.4. The van der Waals surface area contributed by atoms with E-state index in [1.54, 1.807) is 25.3 Å². The highest BCUT2D eigenvalue weighted by molar-refractivity contribution is 5.83. The Bertz CT molecular complexity index is 714. The van der Waals surface area contributed by atoms with Crippen LogP contribution >= 0.6 is 0 Å². The van der Waals surface area contributed by atoms with Gasteiger partial charge in [0.25, 0.3) is 5.91 Å². The van der Waals surface area contributed by atoms with E-state index in [-0.39, 0.29) is 18.9 Å². The summed E-state index contributed by atoms with van der Waals surface area (Å²) in [5.41, 5.74) is 6.68. The van der Waals surface area contributed by atoms with Gasteiger partial charge in [0.2, 0.25) is 5.91 Å². The molecule has 0 atom stereocenters. The van der Waals surface area contributed by atoms with Crippen LogP contribution in [0.5, 0.6) is 11.5 Å². The van der Waals surface area contributed by atoms with E-state index >= 15 is 0 Å². The molecule has 25 heavy (non-hydrogen) atoms. The molecule has 2 rings (SSSR count). The van der Waals surface area contributed by atoms with Crippen LogP contribution in [-0.2, 0) is 22.4 Å². The number of hydrazine groups is 1. The number of rotatable bonds is 7. The first kappa shape index (κ1) is 18.3. The molecule has 0 aliphatic carbocycles. The Morgan fingerprint density at radius 2 is 1.64 bits per heavy atom.